The first-order chi connectivity index (χ1) is 7.81. The van der Waals surface area contributed by atoms with Gasteiger partial charge in [-0.2, -0.15) is 0 Å². The van der Waals surface area contributed by atoms with Crippen molar-refractivity contribution < 1.29 is 23.4 Å². The van der Waals surface area contributed by atoms with Crippen LogP contribution >= 0.6 is 0 Å². The Morgan fingerprint density at radius 2 is 1.62 bits per heavy atom. The van der Waals surface area contributed by atoms with Crippen molar-refractivity contribution in [2.75, 3.05) is 6.61 Å². The fourth-order valence-corrected chi connectivity index (χ4v) is 2.43. The smallest absolute Gasteiger partial charge is 0.403 e. The van der Waals surface area contributed by atoms with Gasteiger partial charge in [0.2, 0.25) is 0 Å². The first kappa shape index (κ1) is 11.0. The molecule has 16 heavy (non-hydrogen) atoms. The largest absolute Gasteiger partial charge is 0.458 e. The molecule has 0 spiro atoms. The van der Waals surface area contributed by atoms with Gasteiger partial charge in [-0.1, -0.05) is 13.8 Å². The lowest BCUT2D eigenvalue weighted by Crippen LogP contribution is -2.68. The second kappa shape index (κ2) is 4.31. The summed E-state index contributed by atoms with van der Waals surface area (Å²) in [7, 11) is -0.345. The van der Waals surface area contributed by atoms with Crippen molar-refractivity contribution in [1.29, 1.82) is 0 Å². The zero-order chi connectivity index (χ0) is 11.1. The van der Waals surface area contributed by atoms with Crippen LogP contribution in [0.3, 0.4) is 0 Å². The topological polar surface area (TPSA) is 46.2 Å². The normalized spacial score (nSPS) is 42.4. The van der Waals surface area contributed by atoms with Gasteiger partial charge < -0.3 is 23.4 Å². The lowest BCUT2D eigenvalue weighted by molar-refractivity contribution is -0.283. The molecule has 5 nitrogen and oxygen atoms in total. The van der Waals surface area contributed by atoms with Gasteiger partial charge in [-0.25, -0.2) is 0 Å². The number of ether oxygens (including phenoxy) is 1. The fourth-order valence-electron chi connectivity index (χ4n) is 2.43. The molecule has 4 unspecified atom stereocenters. The fraction of sp³-hybridized carbons (Fsp3) is 1.00. The second-order valence-corrected chi connectivity index (χ2v) is 4.39. The molecule has 0 aromatic heterocycles. The highest BCUT2D eigenvalue weighted by atomic mass is 16.8. The summed E-state index contributed by atoms with van der Waals surface area (Å²) in [5.74, 6) is 0. The van der Waals surface area contributed by atoms with Crippen molar-refractivity contribution in [3.05, 3.63) is 0 Å². The van der Waals surface area contributed by atoms with E-state index in [4.69, 9.17) is 23.4 Å². The molecule has 3 fully saturated rings. The van der Waals surface area contributed by atoms with Crippen LogP contribution in [0.2, 0.25) is 12.6 Å². The quantitative estimate of drug-likeness (QED) is 0.643. The SMILES string of the molecule is CCB1OC2OCC3OB(CC)OC2C3O1. The molecule has 0 aromatic rings. The highest BCUT2D eigenvalue weighted by molar-refractivity contribution is 6.45. The van der Waals surface area contributed by atoms with Crippen LogP contribution in [0.4, 0.5) is 0 Å². The predicted octanol–water partition coefficient (Wildman–Crippen LogP) is 0.558. The standard InChI is InChI=1S/C9H16B2O5/c1-3-10-13-6-5-12-9-8(15-10)7(6)14-11(4-2)16-9/h6-9H,3-5H2,1-2H3. The zero-order valence-electron chi connectivity index (χ0n) is 9.63. The molecule has 3 saturated heterocycles. The minimum atomic E-state index is -0.294. The van der Waals surface area contributed by atoms with E-state index in [1.54, 1.807) is 0 Å². The third-order valence-electron chi connectivity index (χ3n) is 3.28. The van der Waals surface area contributed by atoms with Crippen LogP contribution in [-0.4, -0.2) is 45.4 Å². The summed E-state index contributed by atoms with van der Waals surface area (Å²) in [5.41, 5.74) is 0. The number of hydrogen-bond acceptors (Lipinski definition) is 5. The van der Waals surface area contributed by atoms with E-state index in [1.807, 2.05) is 13.8 Å². The maximum absolute atomic E-state index is 5.81. The Morgan fingerprint density at radius 3 is 2.38 bits per heavy atom. The maximum atomic E-state index is 5.81. The molecule has 88 valence electrons. The van der Waals surface area contributed by atoms with Crippen LogP contribution in [0.25, 0.3) is 0 Å². The summed E-state index contributed by atoms with van der Waals surface area (Å²) in [6.45, 7) is 4.60. The van der Waals surface area contributed by atoms with Gasteiger partial charge in [0.15, 0.2) is 6.29 Å². The van der Waals surface area contributed by atoms with Gasteiger partial charge in [-0.3, -0.25) is 0 Å². The van der Waals surface area contributed by atoms with Gasteiger partial charge in [0.1, 0.15) is 6.10 Å². The van der Waals surface area contributed by atoms with Crippen molar-refractivity contribution in [3.8, 4) is 0 Å². The van der Waals surface area contributed by atoms with E-state index >= 15 is 0 Å². The lowest BCUT2D eigenvalue weighted by atomic mass is 9.78. The molecule has 0 amide bonds. The highest BCUT2D eigenvalue weighted by Crippen LogP contribution is 2.34. The van der Waals surface area contributed by atoms with Crippen molar-refractivity contribution in [2.45, 2.75) is 51.1 Å². The van der Waals surface area contributed by atoms with Crippen LogP contribution in [0.5, 0.6) is 0 Å². The van der Waals surface area contributed by atoms with Gasteiger partial charge in [-0.15, -0.1) is 0 Å². The molecule has 0 N–H and O–H groups in total. The Bertz CT molecular complexity index is 240. The van der Waals surface area contributed by atoms with Crippen LogP contribution in [-0.2, 0) is 23.4 Å². The molecule has 4 atom stereocenters. The van der Waals surface area contributed by atoms with E-state index < -0.39 is 0 Å². The van der Waals surface area contributed by atoms with Crippen LogP contribution in [0.15, 0.2) is 0 Å². The summed E-state index contributed by atoms with van der Waals surface area (Å²) < 4.78 is 28.6. The molecule has 0 saturated carbocycles. The third-order valence-corrected chi connectivity index (χ3v) is 3.28. The first-order valence-electron chi connectivity index (χ1n) is 6.05. The van der Waals surface area contributed by atoms with E-state index in [0.717, 1.165) is 12.6 Å². The molecule has 4 bridgehead atoms. The summed E-state index contributed by atoms with van der Waals surface area (Å²) in [4.78, 5) is 0. The minimum Gasteiger partial charge on any atom is -0.403 e. The third kappa shape index (κ3) is 1.71. The molecule has 0 aromatic carbocycles. The molecule has 7 heteroatoms. The Morgan fingerprint density at radius 1 is 0.938 bits per heavy atom. The summed E-state index contributed by atoms with van der Waals surface area (Å²) >= 11 is 0. The Labute approximate surface area is 96.0 Å². The first-order valence-corrected chi connectivity index (χ1v) is 6.05. The van der Waals surface area contributed by atoms with Gasteiger partial charge >= 0.3 is 14.2 Å². The number of rotatable bonds is 2. The Hall–Kier alpha value is -0.0701. The van der Waals surface area contributed by atoms with Gasteiger partial charge in [0.05, 0.1) is 18.8 Å². The zero-order valence-corrected chi connectivity index (χ0v) is 9.63. The van der Waals surface area contributed by atoms with E-state index in [1.165, 1.54) is 0 Å². The molecule has 0 radical (unpaired) electrons. The second-order valence-electron chi connectivity index (χ2n) is 4.39. The molecular weight excluding hydrogens is 210 g/mol. The van der Waals surface area contributed by atoms with E-state index in [2.05, 4.69) is 0 Å². The molecule has 3 aliphatic rings. The monoisotopic (exact) mass is 226 g/mol. The minimum absolute atomic E-state index is 0.0158. The maximum Gasteiger partial charge on any atom is 0.458 e. The molecular formula is C9H16B2O5. The van der Waals surface area contributed by atoms with Crippen molar-refractivity contribution in [3.63, 3.8) is 0 Å². The van der Waals surface area contributed by atoms with Crippen LogP contribution in [0.1, 0.15) is 13.8 Å². The molecule has 3 aliphatic heterocycles. The van der Waals surface area contributed by atoms with E-state index in [-0.39, 0.29) is 38.8 Å². The van der Waals surface area contributed by atoms with Gasteiger partial charge in [-0.05, 0) is 12.6 Å². The van der Waals surface area contributed by atoms with E-state index in [9.17, 15) is 0 Å². The Kier molecular flexibility index (Phi) is 2.97. The van der Waals surface area contributed by atoms with Crippen molar-refractivity contribution >= 4 is 14.2 Å². The summed E-state index contributed by atoms with van der Waals surface area (Å²) in [6.07, 6.45) is 1.16. The predicted molar refractivity (Wildman–Crippen MR) is 57.9 cm³/mol. The average Bonchev–Trinajstić information content (AvgIpc) is 2.30. The summed E-state index contributed by atoms with van der Waals surface area (Å²) in [6, 6.07) is 0. The van der Waals surface area contributed by atoms with Crippen LogP contribution < -0.4 is 0 Å². The van der Waals surface area contributed by atoms with Crippen LogP contribution in [0, 0.1) is 0 Å². The van der Waals surface area contributed by atoms with Gasteiger partial charge in [0.25, 0.3) is 0 Å². The summed E-state index contributed by atoms with van der Waals surface area (Å²) in [5, 5.41) is 0. The van der Waals surface area contributed by atoms with E-state index in [0.29, 0.717) is 6.61 Å². The lowest BCUT2D eigenvalue weighted by Gasteiger charge is -2.51. The molecule has 3 rings (SSSR count). The van der Waals surface area contributed by atoms with Gasteiger partial charge in [0, 0.05) is 0 Å². The average molecular weight is 226 g/mol. The number of hydrogen-bond donors (Lipinski definition) is 0. The highest BCUT2D eigenvalue weighted by Gasteiger charge is 2.54. The Balaban J connectivity index is 1.77. The molecule has 0 aliphatic carbocycles. The van der Waals surface area contributed by atoms with Crippen molar-refractivity contribution in [2.24, 2.45) is 0 Å². The van der Waals surface area contributed by atoms with Crippen molar-refractivity contribution in [1.82, 2.24) is 0 Å². The molecule has 3 heterocycles.